The predicted octanol–water partition coefficient (Wildman–Crippen LogP) is 2.76. The molecule has 2 aromatic heterocycles. The molecular weight excluding hydrogens is 454 g/mol. The average molecular weight is 488 g/mol. The fourth-order valence-electron chi connectivity index (χ4n) is 5.17. The van der Waals surface area contributed by atoms with Crippen LogP contribution in [0.2, 0.25) is 0 Å². The van der Waals surface area contributed by atoms with Crippen molar-refractivity contribution in [3.05, 3.63) is 24.2 Å². The molecule has 0 aliphatic carbocycles. The number of fused-ring (bicyclic) bond motifs is 1. The molecule has 2 aromatic rings. The zero-order valence-corrected chi connectivity index (χ0v) is 20.7. The summed E-state index contributed by atoms with van der Waals surface area (Å²) >= 11 is 1.49. The van der Waals surface area contributed by atoms with E-state index in [0.717, 1.165) is 79.4 Å². The van der Waals surface area contributed by atoms with Crippen molar-refractivity contribution in [3.63, 3.8) is 0 Å². The zero-order chi connectivity index (χ0) is 23.5. The zero-order valence-electron chi connectivity index (χ0n) is 19.9. The van der Waals surface area contributed by atoms with Crippen molar-refractivity contribution in [2.75, 3.05) is 62.9 Å². The second-order valence-corrected chi connectivity index (χ2v) is 10.4. The molecular formula is C24H33N5O4S. The van der Waals surface area contributed by atoms with Crippen LogP contribution in [0.5, 0.6) is 5.75 Å². The smallest absolute Gasteiger partial charge is 0.175 e. The van der Waals surface area contributed by atoms with Crippen LogP contribution in [0.1, 0.15) is 31.9 Å². The summed E-state index contributed by atoms with van der Waals surface area (Å²) in [6, 6.07) is 1.94. The van der Waals surface area contributed by atoms with Crippen LogP contribution in [0.25, 0.3) is 0 Å². The van der Waals surface area contributed by atoms with Gasteiger partial charge < -0.3 is 29.1 Å². The predicted molar refractivity (Wildman–Crippen MR) is 130 cm³/mol. The van der Waals surface area contributed by atoms with Crippen LogP contribution in [0.3, 0.4) is 0 Å². The minimum atomic E-state index is -0.145. The minimum Gasteiger partial charge on any atom is -0.487 e. The Bertz CT molecular complexity index is 1000. The molecule has 2 saturated heterocycles. The Hall–Kier alpha value is -2.14. The number of methoxy groups -OCH3 is 1. The van der Waals surface area contributed by atoms with Crippen LogP contribution in [-0.4, -0.2) is 79.3 Å². The van der Waals surface area contributed by atoms with Gasteiger partial charge in [0.25, 0.3) is 0 Å². The van der Waals surface area contributed by atoms with Gasteiger partial charge in [0.05, 0.1) is 43.6 Å². The van der Waals surface area contributed by atoms with Gasteiger partial charge in [0, 0.05) is 32.9 Å². The van der Waals surface area contributed by atoms with Gasteiger partial charge in [-0.25, -0.2) is 15.0 Å². The molecule has 3 aliphatic heterocycles. The van der Waals surface area contributed by atoms with E-state index in [0.29, 0.717) is 30.4 Å². The third kappa shape index (κ3) is 4.82. The van der Waals surface area contributed by atoms with E-state index in [1.54, 1.807) is 19.5 Å². The summed E-state index contributed by atoms with van der Waals surface area (Å²) in [5, 5.41) is 10.8. The Morgan fingerprint density at radius 1 is 1.24 bits per heavy atom. The van der Waals surface area contributed by atoms with Gasteiger partial charge in [0.15, 0.2) is 17.4 Å². The van der Waals surface area contributed by atoms with Gasteiger partial charge in [-0.2, -0.15) is 0 Å². The van der Waals surface area contributed by atoms with Crippen molar-refractivity contribution in [1.29, 1.82) is 0 Å². The SMILES string of the molecule is COCCN1CCOc2c(Sc3cnc(N4CCC5(CC4)CO[C@@H](C)C5)c(CO)n3)ccnc21. The normalized spacial score (nSPS) is 21.6. The second-order valence-electron chi connectivity index (χ2n) is 9.34. The van der Waals surface area contributed by atoms with E-state index in [4.69, 9.17) is 24.2 Å². The van der Waals surface area contributed by atoms with E-state index in [1.807, 2.05) is 6.07 Å². The molecule has 184 valence electrons. The number of anilines is 2. The topological polar surface area (TPSA) is 93.1 Å². The van der Waals surface area contributed by atoms with Crippen LogP contribution in [0.15, 0.2) is 28.4 Å². The number of nitrogens with zero attached hydrogens (tertiary/aromatic N) is 5. The highest BCUT2D eigenvalue weighted by molar-refractivity contribution is 7.99. The van der Waals surface area contributed by atoms with Gasteiger partial charge in [-0.05, 0) is 37.7 Å². The Morgan fingerprint density at radius 2 is 2.09 bits per heavy atom. The minimum absolute atomic E-state index is 0.145. The van der Waals surface area contributed by atoms with Crippen LogP contribution >= 0.6 is 11.8 Å². The summed E-state index contributed by atoms with van der Waals surface area (Å²) < 4.78 is 17.1. The molecule has 9 nitrogen and oxygen atoms in total. The van der Waals surface area contributed by atoms with E-state index in [2.05, 4.69) is 21.7 Å². The number of aliphatic hydroxyl groups excluding tert-OH is 1. The fourth-order valence-corrected chi connectivity index (χ4v) is 6.03. The quantitative estimate of drug-likeness (QED) is 0.628. The maximum atomic E-state index is 10.1. The summed E-state index contributed by atoms with van der Waals surface area (Å²) in [7, 11) is 1.70. The lowest BCUT2D eigenvalue weighted by molar-refractivity contribution is 0.0975. The van der Waals surface area contributed by atoms with E-state index in [9.17, 15) is 5.11 Å². The number of hydrogen-bond donors (Lipinski definition) is 1. The Kier molecular flexibility index (Phi) is 7.10. The third-order valence-corrected chi connectivity index (χ3v) is 7.95. The average Bonchev–Trinajstić information content (AvgIpc) is 3.23. The van der Waals surface area contributed by atoms with Crippen LogP contribution in [0, 0.1) is 5.41 Å². The summed E-state index contributed by atoms with van der Waals surface area (Å²) in [5.41, 5.74) is 0.915. The number of piperidine rings is 1. The Labute approximate surface area is 204 Å². The van der Waals surface area contributed by atoms with Crippen LogP contribution in [0.4, 0.5) is 11.6 Å². The standard InChI is InChI=1S/C24H33N5O4S/c1-17-13-24(16-33-17)4-7-28(8-5-24)22-18(15-30)27-20(14-26-22)34-19-3-6-25-23-21(19)32-12-10-29(23)9-11-31-2/h3,6,14,17,30H,4-5,7-13,15-16H2,1-2H3/t17-/m0/s1. The molecule has 1 spiro atoms. The van der Waals surface area contributed by atoms with Gasteiger partial charge in [0.1, 0.15) is 17.3 Å². The molecule has 0 radical (unpaired) electrons. The van der Waals surface area contributed by atoms with Crippen molar-refractivity contribution >= 4 is 23.4 Å². The van der Waals surface area contributed by atoms with Crippen molar-refractivity contribution in [3.8, 4) is 5.75 Å². The highest BCUT2D eigenvalue weighted by Crippen LogP contribution is 2.43. The molecule has 0 unspecified atom stereocenters. The van der Waals surface area contributed by atoms with Crippen molar-refractivity contribution in [1.82, 2.24) is 15.0 Å². The molecule has 3 aliphatic rings. The maximum absolute atomic E-state index is 10.1. The van der Waals surface area contributed by atoms with Gasteiger partial charge in [-0.1, -0.05) is 11.8 Å². The summed E-state index contributed by atoms with van der Waals surface area (Å²) in [5.74, 6) is 2.38. The number of hydrogen-bond acceptors (Lipinski definition) is 10. The molecule has 2 fully saturated rings. The molecule has 0 saturated carbocycles. The first-order valence-corrected chi connectivity index (χ1v) is 12.8. The lowest BCUT2D eigenvalue weighted by Crippen LogP contribution is -2.41. The molecule has 0 bridgehead atoms. The lowest BCUT2D eigenvalue weighted by atomic mass is 9.77. The summed E-state index contributed by atoms with van der Waals surface area (Å²) in [6.45, 7) is 7.47. The number of aromatic nitrogens is 3. The molecule has 1 atom stereocenters. The first kappa shape index (κ1) is 23.6. The van der Waals surface area contributed by atoms with Gasteiger partial charge >= 0.3 is 0 Å². The monoisotopic (exact) mass is 487 g/mol. The maximum Gasteiger partial charge on any atom is 0.175 e. The Morgan fingerprint density at radius 3 is 2.82 bits per heavy atom. The second kappa shape index (κ2) is 10.2. The molecule has 34 heavy (non-hydrogen) atoms. The van der Waals surface area contributed by atoms with Crippen LogP contribution < -0.4 is 14.5 Å². The van der Waals surface area contributed by atoms with E-state index in [-0.39, 0.29) is 6.61 Å². The van der Waals surface area contributed by atoms with Gasteiger partial charge in [-0.3, -0.25) is 0 Å². The summed E-state index contributed by atoms with van der Waals surface area (Å²) in [4.78, 5) is 19.4. The molecule has 5 rings (SSSR count). The van der Waals surface area contributed by atoms with Crippen molar-refractivity contribution in [2.24, 2.45) is 5.41 Å². The fraction of sp³-hybridized carbons (Fsp3) is 0.625. The first-order valence-electron chi connectivity index (χ1n) is 12.0. The molecule has 0 amide bonds. The van der Waals surface area contributed by atoms with E-state index in [1.165, 1.54) is 11.8 Å². The highest BCUT2D eigenvalue weighted by atomic mass is 32.2. The third-order valence-electron chi connectivity index (χ3n) is 7.01. The van der Waals surface area contributed by atoms with Crippen molar-refractivity contribution in [2.45, 2.75) is 48.8 Å². The number of pyridine rings is 1. The molecule has 10 heteroatoms. The molecule has 0 aromatic carbocycles. The largest absolute Gasteiger partial charge is 0.487 e. The highest BCUT2D eigenvalue weighted by Gasteiger charge is 2.41. The van der Waals surface area contributed by atoms with Gasteiger partial charge in [0.2, 0.25) is 0 Å². The number of aliphatic hydroxyl groups is 1. The van der Waals surface area contributed by atoms with Crippen molar-refractivity contribution < 1.29 is 19.3 Å². The number of ether oxygens (including phenoxy) is 3. The van der Waals surface area contributed by atoms with Crippen LogP contribution in [-0.2, 0) is 16.1 Å². The summed E-state index contributed by atoms with van der Waals surface area (Å²) in [6.07, 6.45) is 7.24. The Balaban J connectivity index is 1.31. The van der Waals surface area contributed by atoms with E-state index < -0.39 is 0 Å². The lowest BCUT2D eigenvalue weighted by Gasteiger charge is -2.39. The van der Waals surface area contributed by atoms with Gasteiger partial charge in [-0.15, -0.1) is 0 Å². The molecule has 5 heterocycles. The molecule has 1 N–H and O–H groups in total. The number of rotatable bonds is 7. The first-order chi connectivity index (χ1) is 16.6. The van der Waals surface area contributed by atoms with E-state index >= 15 is 0 Å².